The molecule has 4 heterocycles. The van der Waals surface area contributed by atoms with E-state index in [1.165, 1.54) is 0 Å². The Morgan fingerprint density at radius 1 is 1.10 bits per heavy atom. The molecule has 0 spiro atoms. The molecule has 39 heavy (non-hydrogen) atoms. The van der Waals surface area contributed by atoms with E-state index in [1.807, 2.05) is 50.2 Å². The molecule has 10 heteroatoms. The van der Waals surface area contributed by atoms with E-state index in [2.05, 4.69) is 25.2 Å². The predicted octanol–water partition coefficient (Wildman–Crippen LogP) is 4.31. The Morgan fingerprint density at radius 2 is 1.95 bits per heavy atom. The molecule has 0 saturated carbocycles. The summed E-state index contributed by atoms with van der Waals surface area (Å²) in [4.78, 5) is 26.9. The highest BCUT2D eigenvalue weighted by molar-refractivity contribution is 5.71. The third-order valence-electron chi connectivity index (χ3n) is 6.63. The van der Waals surface area contributed by atoms with Crippen LogP contribution >= 0.6 is 0 Å². The van der Waals surface area contributed by atoms with Crippen LogP contribution in [0.15, 0.2) is 58.0 Å². The number of methoxy groups -OCH3 is 1. The number of aromatic nitrogens is 3. The average molecular weight is 532 g/mol. The second-order valence-corrected chi connectivity index (χ2v) is 9.48. The molecular weight excluding hydrogens is 498 g/mol. The van der Waals surface area contributed by atoms with Gasteiger partial charge in [0.2, 0.25) is 5.88 Å². The Kier molecular flexibility index (Phi) is 8.36. The van der Waals surface area contributed by atoms with Crippen molar-refractivity contribution in [3.63, 3.8) is 0 Å². The smallest absolute Gasteiger partial charge is 0.299 e. The number of aryl methyl sites for hydroxylation is 2. The number of rotatable bonds is 10. The topological polar surface area (TPSA) is 115 Å². The number of aromatic amines is 1. The zero-order valence-electron chi connectivity index (χ0n) is 22.5. The van der Waals surface area contributed by atoms with E-state index in [9.17, 15) is 4.79 Å². The van der Waals surface area contributed by atoms with Gasteiger partial charge in [-0.15, -0.1) is 0 Å². The summed E-state index contributed by atoms with van der Waals surface area (Å²) in [6, 6.07) is 11.9. The minimum atomic E-state index is -0.217. The molecule has 1 aliphatic heterocycles. The Bertz CT molecular complexity index is 1480. The average Bonchev–Trinajstić information content (AvgIpc) is 3.40. The van der Waals surface area contributed by atoms with Gasteiger partial charge in [0.15, 0.2) is 5.76 Å². The molecule has 4 aromatic rings. The van der Waals surface area contributed by atoms with Gasteiger partial charge in [0.05, 0.1) is 37.3 Å². The lowest BCUT2D eigenvalue weighted by atomic mass is 10.1. The van der Waals surface area contributed by atoms with Gasteiger partial charge in [-0.1, -0.05) is 12.1 Å². The van der Waals surface area contributed by atoms with Crippen molar-refractivity contribution >= 4 is 11.7 Å². The number of anilines is 2. The number of H-pyrrole nitrogens is 1. The molecule has 0 bridgehead atoms. The number of morpholine rings is 1. The van der Waals surface area contributed by atoms with Crippen molar-refractivity contribution < 1.29 is 18.6 Å². The van der Waals surface area contributed by atoms with E-state index in [0.717, 1.165) is 55.2 Å². The van der Waals surface area contributed by atoms with Gasteiger partial charge in [-0.25, -0.2) is 9.97 Å². The first-order valence-corrected chi connectivity index (χ1v) is 13.0. The van der Waals surface area contributed by atoms with Crippen LogP contribution in [0.1, 0.15) is 16.7 Å². The van der Waals surface area contributed by atoms with Crippen molar-refractivity contribution in [1.82, 2.24) is 19.9 Å². The molecule has 0 unspecified atom stereocenters. The molecule has 0 atom stereocenters. The minimum absolute atomic E-state index is 0.217. The highest BCUT2D eigenvalue weighted by Crippen LogP contribution is 2.31. The molecule has 3 aromatic heterocycles. The predicted molar refractivity (Wildman–Crippen MR) is 148 cm³/mol. The van der Waals surface area contributed by atoms with Crippen LogP contribution in [0, 0.1) is 13.8 Å². The summed E-state index contributed by atoms with van der Waals surface area (Å²) in [5.41, 5.74) is 5.26. The Balaban J connectivity index is 1.42. The van der Waals surface area contributed by atoms with Crippen LogP contribution in [-0.2, 0) is 16.1 Å². The molecule has 0 aliphatic carbocycles. The third-order valence-corrected chi connectivity index (χ3v) is 6.63. The summed E-state index contributed by atoms with van der Waals surface area (Å²) in [5, 5.41) is 3.26. The number of pyridine rings is 2. The van der Waals surface area contributed by atoms with Crippen LogP contribution in [0.3, 0.4) is 0 Å². The molecule has 1 fully saturated rings. The Hall–Kier alpha value is -3.99. The fourth-order valence-corrected chi connectivity index (χ4v) is 4.49. The maximum Gasteiger partial charge on any atom is 0.299 e. The van der Waals surface area contributed by atoms with E-state index in [1.54, 1.807) is 19.5 Å². The van der Waals surface area contributed by atoms with Crippen molar-refractivity contribution in [2.45, 2.75) is 20.5 Å². The zero-order valence-corrected chi connectivity index (χ0v) is 22.5. The normalized spacial score (nSPS) is 13.9. The highest BCUT2D eigenvalue weighted by atomic mass is 16.5. The first-order valence-electron chi connectivity index (χ1n) is 13.0. The molecule has 0 amide bonds. The molecular formula is C29H33N5O5. The van der Waals surface area contributed by atoms with Gasteiger partial charge >= 0.3 is 0 Å². The van der Waals surface area contributed by atoms with Gasteiger partial charge in [-0.05, 0) is 48.7 Å². The van der Waals surface area contributed by atoms with Crippen LogP contribution in [0.4, 0.5) is 11.7 Å². The van der Waals surface area contributed by atoms with Crippen molar-refractivity contribution in [2.24, 2.45) is 0 Å². The molecule has 1 aliphatic rings. The molecule has 1 aromatic carbocycles. The second kappa shape index (κ2) is 12.2. The fraction of sp³-hybridized carbons (Fsp3) is 0.345. The first kappa shape index (κ1) is 26.6. The van der Waals surface area contributed by atoms with Crippen LogP contribution in [0.2, 0.25) is 0 Å². The quantitative estimate of drug-likeness (QED) is 0.309. The second-order valence-electron chi connectivity index (χ2n) is 9.48. The lowest BCUT2D eigenvalue weighted by Gasteiger charge is -2.26. The lowest BCUT2D eigenvalue weighted by molar-refractivity contribution is 0.0320. The summed E-state index contributed by atoms with van der Waals surface area (Å²) in [7, 11) is 1.67. The van der Waals surface area contributed by atoms with Gasteiger partial charge in [0, 0.05) is 50.3 Å². The number of oxazole rings is 1. The van der Waals surface area contributed by atoms with Gasteiger partial charge in [0.25, 0.3) is 11.6 Å². The van der Waals surface area contributed by atoms with E-state index >= 15 is 0 Å². The number of nitrogens with zero attached hydrogens (tertiary/aromatic N) is 3. The molecule has 0 radical (unpaired) electrons. The molecule has 2 N–H and O–H groups in total. The number of hydrogen-bond acceptors (Lipinski definition) is 9. The summed E-state index contributed by atoms with van der Waals surface area (Å²) in [6.07, 6.45) is 3.28. The first-order chi connectivity index (χ1) is 19.0. The SMILES string of the molecule is COCc1ccc(C)c(Nc2ncc(-c3cc(OCCN4CCOCC4)nc(-c4c(C)cc[nH]c4=O)c3)o2)c1. The molecule has 1 saturated heterocycles. The van der Waals surface area contributed by atoms with Crippen molar-refractivity contribution in [3.8, 4) is 28.5 Å². The number of ether oxygens (including phenoxy) is 3. The van der Waals surface area contributed by atoms with Crippen LogP contribution in [0.5, 0.6) is 5.88 Å². The fourth-order valence-electron chi connectivity index (χ4n) is 4.49. The lowest BCUT2D eigenvalue weighted by Crippen LogP contribution is -2.38. The monoisotopic (exact) mass is 531 g/mol. The van der Waals surface area contributed by atoms with Gasteiger partial charge in [0.1, 0.15) is 6.61 Å². The van der Waals surface area contributed by atoms with Gasteiger partial charge < -0.3 is 28.9 Å². The standard InChI is InChI=1S/C29H33N5O5/c1-19-4-5-21(18-36-3)14-23(19)33-29-31-17-25(39-29)22-15-24(27-20(2)6-7-30-28(27)35)32-26(16-22)38-13-10-34-8-11-37-12-9-34/h4-7,14-17H,8-13,18H2,1-3H3,(H,30,35)(H,31,33). The largest absolute Gasteiger partial charge is 0.476 e. The Labute approximate surface area is 227 Å². The van der Waals surface area contributed by atoms with Gasteiger partial charge in [-0.2, -0.15) is 0 Å². The molecule has 5 rings (SSSR count). The summed E-state index contributed by atoms with van der Waals surface area (Å²) in [5.74, 6) is 0.933. The van der Waals surface area contributed by atoms with E-state index in [0.29, 0.717) is 47.7 Å². The zero-order chi connectivity index (χ0) is 27.2. The highest BCUT2D eigenvalue weighted by Gasteiger charge is 2.17. The van der Waals surface area contributed by atoms with Gasteiger partial charge in [-0.3, -0.25) is 9.69 Å². The van der Waals surface area contributed by atoms with E-state index < -0.39 is 0 Å². The summed E-state index contributed by atoms with van der Waals surface area (Å²) >= 11 is 0. The van der Waals surface area contributed by atoms with Crippen LogP contribution < -0.4 is 15.6 Å². The maximum atomic E-state index is 12.7. The molecule has 204 valence electrons. The maximum absolute atomic E-state index is 12.7. The van der Waals surface area contributed by atoms with Crippen LogP contribution in [-0.4, -0.2) is 66.4 Å². The number of hydrogen-bond donors (Lipinski definition) is 2. The van der Waals surface area contributed by atoms with Crippen molar-refractivity contribution in [3.05, 3.63) is 75.8 Å². The van der Waals surface area contributed by atoms with Crippen molar-refractivity contribution in [2.75, 3.05) is 51.9 Å². The third kappa shape index (κ3) is 6.54. The van der Waals surface area contributed by atoms with Crippen molar-refractivity contribution in [1.29, 1.82) is 0 Å². The number of benzene rings is 1. The summed E-state index contributed by atoms with van der Waals surface area (Å²) in [6.45, 7) is 8.83. The minimum Gasteiger partial charge on any atom is -0.476 e. The molecule has 10 nitrogen and oxygen atoms in total. The van der Waals surface area contributed by atoms with Crippen LogP contribution in [0.25, 0.3) is 22.6 Å². The van der Waals surface area contributed by atoms with E-state index in [4.69, 9.17) is 18.6 Å². The Morgan fingerprint density at radius 3 is 2.74 bits per heavy atom. The number of nitrogens with one attached hydrogen (secondary N) is 2. The van der Waals surface area contributed by atoms with E-state index in [-0.39, 0.29) is 5.56 Å². The summed E-state index contributed by atoms with van der Waals surface area (Å²) < 4.78 is 22.8.